The van der Waals surface area contributed by atoms with Crippen molar-refractivity contribution in [3.8, 4) is 0 Å². The number of halogens is 1. The molecule has 0 bridgehead atoms. The number of nitrogens with zero attached hydrogens (tertiary/aromatic N) is 1. The molecule has 1 aromatic carbocycles. The van der Waals surface area contributed by atoms with E-state index in [-0.39, 0.29) is 6.61 Å². The number of hydrogen-bond acceptors (Lipinski definition) is 3. The van der Waals surface area contributed by atoms with Crippen LogP contribution >= 0.6 is 11.6 Å². The molecule has 0 spiro atoms. The van der Waals surface area contributed by atoms with Gasteiger partial charge in [0.15, 0.2) is 0 Å². The Morgan fingerprint density at radius 2 is 2.21 bits per heavy atom. The molecular weight excluding hydrogens is 200 g/mol. The summed E-state index contributed by atoms with van der Waals surface area (Å²) in [6, 6.07) is 5.52. The van der Waals surface area contributed by atoms with Crippen LogP contribution in [0, 0.1) is 0 Å². The molecule has 0 amide bonds. The van der Waals surface area contributed by atoms with Crippen molar-refractivity contribution < 1.29 is 5.11 Å². The number of para-hydroxylation sites is 1. The molecule has 3 nitrogen and oxygen atoms in total. The zero-order valence-electron chi connectivity index (χ0n) is 8.20. The van der Waals surface area contributed by atoms with Crippen molar-refractivity contribution >= 4 is 23.0 Å². The second-order valence-electron chi connectivity index (χ2n) is 2.98. The van der Waals surface area contributed by atoms with Crippen LogP contribution in [0.25, 0.3) is 0 Å². The Bertz CT molecular complexity index is 304. The highest BCUT2D eigenvalue weighted by atomic mass is 35.5. The second kappa shape index (κ2) is 5.08. The minimum absolute atomic E-state index is 0.111. The summed E-state index contributed by atoms with van der Waals surface area (Å²) < 4.78 is 0. The van der Waals surface area contributed by atoms with E-state index >= 15 is 0 Å². The largest absolute Gasteiger partial charge is 0.396 e. The van der Waals surface area contributed by atoms with Crippen molar-refractivity contribution in [2.24, 2.45) is 0 Å². The van der Waals surface area contributed by atoms with Gasteiger partial charge in [-0.05, 0) is 19.1 Å². The summed E-state index contributed by atoms with van der Waals surface area (Å²) in [5.74, 6) is 0. The maximum absolute atomic E-state index is 8.87. The number of rotatable bonds is 4. The van der Waals surface area contributed by atoms with Crippen LogP contribution in [0.5, 0.6) is 0 Å². The van der Waals surface area contributed by atoms with E-state index < -0.39 is 0 Å². The number of nitrogen functional groups attached to an aromatic ring is 1. The van der Waals surface area contributed by atoms with Gasteiger partial charge in [-0.15, -0.1) is 0 Å². The molecule has 1 aromatic rings. The minimum Gasteiger partial charge on any atom is -0.396 e. The lowest BCUT2D eigenvalue weighted by Crippen LogP contribution is -2.26. The molecule has 0 fully saturated rings. The first kappa shape index (κ1) is 11.1. The highest BCUT2D eigenvalue weighted by Gasteiger charge is 2.08. The van der Waals surface area contributed by atoms with E-state index in [9.17, 15) is 0 Å². The lowest BCUT2D eigenvalue weighted by atomic mass is 10.2. The fourth-order valence-corrected chi connectivity index (χ4v) is 1.54. The van der Waals surface area contributed by atoms with Crippen LogP contribution in [0.4, 0.5) is 11.4 Å². The topological polar surface area (TPSA) is 49.5 Å². The standard InChI is InChI=1S/C10H15ClN2O/c1-2-13(6-7-14)9-5-3-4-8(11)10(9)12/h3-5,14H,2,6-7,12H2,1H3. The van der Waals surface area contributed by atoms with Crippen molar-refractivity contribution in [3.05, 3.63) is 23.2 Å². The van der Waals surface area contributed by atoms with Gasteiger partial charge in [0.25, 0.3) is 0 Å². The first-order valence-corrected chi connectivity index (χ1v) is 4.98. The van der Waals surface area contributed by atoms with Crippen molar-refractivity contribution in [1.29, 1.82) is 0 Å². The molecule has 0 heterocycles. The summed E-state index contributed by atoms with van der Waals surface area (Å²) in [5.41, 5.74) is 7.29. The summed E-state index contributed by atoms with van der Waals surface area (Å²) in [6.45, 7) is 3.49. The van der Waals surface area contributed by atoms with Gasteiger partial charge < -0.3 is 15.7 Å². The van der Waals surface area contributed by atoms with Gasteiger partial charge in [0.2, 0.25) is 0 Å². The molecule has 0 saturated heterocycles. The van der Waals surface area contributed by atoms with Crippen molar-refractivity contribution in [1.82, 2.24) is 0 Å². The Morgan fingerprint density at radius 3 is 2.79 bits per heavy atom. The zero-order valence-corrected chi connectivity index (χ0v) is 8.96. The van der Waals surface area contributed by atoms with E-state index in [1.54, 1.807) is 6.07 Å². The summed E-state index contributed by atoms with van der Waals surface area (Å²) in [7, 11) is 0. The molecule has 0 unspecified atom stereocenters. The van der Waals surface area contributed by atoms with Crippen molar-refractivity contribution in [2.75, 3.05) is 30.3 Å². The molecule has 4 heteroatoms. The van der Waals surface area contributed by atoms with E-state index in [4.69, 9.17) is 22.4 Å². The maximum Gasteiger partial charge on any atom is 0.0741 e. The Hall–Kier alpha value is -0.930. The lowest BCUT2D eigenvalue weighted by molar-refractivity contribution is 0.302. The summed E-state index contributed by atoms with van der Waals surface area (Å²) in [6.07, 6.45) is 0. The monoisotopic (exact) mass is 214 g/mol. The molecule has 0 radical (unpaired) electrons. The van der Waals surface area contributed by atoms with Crippen LogP contribution in [0.2, 0.25) is 5.02 Å². The molecule has 0 aromatic heterocycles. The summed E-state index contributed by atoms with van der Waals surface area (Å²) in [5, 5.41) is 9.43. The third kappa shape index (κ3) is 2.30. The van der Waals surface area contributed by atoms with Crippen LogP contribution in [0.1, 0.15) is 6.92 Å². The molecule has 78 valence electrons. The van der Waals surface area contributed by atoms with Crippen molar-refractivity contribution in [2.45, 2.75) is 6.92 Å². The number of benzene rings is 1. The van der Waals surface area contributed by atoms with Crippen LogP contribution in [0.15, 0.2) is 18.2 Å². The van der Waals surface area contributed by atoms with Gasteiger partial charge in [0, 0.05) is 13.1 Å². The Balaban J connectivity index is 2.97. The first-order valence-electron chi connectivity index (χ1n) is 4.60. The minimum atomic E-state index is 0.111. The number of nitrogens with two attached hydrogens (primary N) is 1. The van der Waals surface area contributed by atoms with E-state index in [1.807, 2.05) is 24.0 Å². The quantitative estimate of drug-likeness (QED) is 0.751. The van der Waals surface area contributed by atoms with Gasteiger partial charge in [0.05, 0.1) is 23.0 Å². The van der Waals surface area contributed by atoms with Crippen LogP contribution < -0.4 is 10.6 Å². The smallest absolute Gasteiger partial charge is 0.0741 e. The molecule has 3 N–H and O–H groups in total. The predicted molar refractivity (Wildman–Crippen MR) is 60.8 cm³/mol. The third-order valence-corrected chi connectivity index (χ3v) is 2.45. The van der Waals surface area contributed by atoms with Crippen LogP contribution in [-0.4, -0.2) is 24.8 Å². The Labute approximate surface area is 89.1 Å². The fourth-order valence-electron chi connectivity index (χ4n) is 1.37. The molecule has 0 aliphatic rings. The van der Waals surface area contributed by atoms with Gasteiger partial charge in [-0.3, -0.25) is 0 Å². The van der Waals surface area contributed by atoms with Crippen LogP contribution in [-0.2, 0) is 0 Å². The number of anilines is 2. The predicted octanol–water partition coefficient (Wildman–Crippen LogP) is 1.74. The number of hydrogen-bond donors (Lipinski definition) is 2. The first-order chi connectivity index (χ1) is 6.70. The molecule has 0 aliphatic heterocycles. The van der Waals surface area contributed by atoms with Gasteiger partial charge in [-0.1, -0.05) is 17.7 Å². The highest BCUT2D eigenvalue weighted by molar-refractivity contribution is 6.33. The molecule has 0 atom stereocenters. The maximum atomic E-state index is 8.87. The van der Waals surface area contributed by atoms with E-state index in [0.29, 0.717) is 17.3 Å². The number of aliphatic hydroxyl groups is 1. The van der Waals surface area contributed by atoms with Gasteiger partial charge in [-0.25, -0.2) is 0 Å². The zero-order chi connectivity index (χ0) is 10.6. The SMILES string of the molecule is CCN(CCO)c1cccc(Cl)c1N. The molecule has 0 saturated carbocycles. The lowest BCUT2D eigenvalue weighted by Gasteiger charge is -2.23. The van der Waals surface area contributed by atoms with Crippen molar-refractivity contribution in [3.63, 3.8) is 0 Å². The second-order valence-corrected chi connectivity index (χ2v) is 3.38. The van der Waals surface area contributed by atoms with E-state index in [2.05, 4.69) is 0 Å². The summed E-state index contributed by atoms with van der Waals surface area (Å²) in [4.78, 5) is 1.99. The Morgan fingerprint density at radius 1 is 1.50 bits per heavy atom. The Kier molecular flexibility index (Phi) is 4.04. The van der Waals surface area contributed by atoms with Gasteiger partial charge in [0.1, 0.15) is 0 Å². The van der Waals surface area contributed by atoms with Crippen LogP contribution in [0.3, 0.4) is 0 Å². The molecule has 14 heavy (non-hydrogen) atoms. The number of likely N-dealkylation sites (N-methyl/N-ethyl adjacent to an activating group) is 1. The average Bonchev–Trinajstić information content (AvgIpc) is 2.19. The highest BCUT2D eigenvalue weighted by Crippen LogP contribution is 2.29. The molecule has 0 aliphatic carbocycles. The van der Waals surface area contributed by atoms with E-state index in [0.717, 1.165) is 12.2 Å². The fraction of sp³-hybridized carbons (Fsp3) is 0.400. The summed E-state index contributed by atoms with van der Waals surface area (Å²) >= 11 is 5.90. The van der Waals surface area contributed by atoms with E-state index in [1.165, 1.54) is 0 Å². The van der Waals surface area contributed by atoms with Gasteiger partial charge in [-0.2, -0.15) is 0 Å². The van der Waals surface area contributed by atoms with Gasteiger partial charge >= 0.3 is 0 Å². The average molecular weight is 215 g/mol. The normalized spacial score (nSPS) is 10.2. The molecule has 1 rings (SSSR count). The number of aliphatic hydroxyl groups excluding tert-OH is 1. The molecular formula is C10H15ClN2O. The third-order valence-electron chi connectivity index (χ3n) is 2.12.